The SMILES string of the molecule is O=C(CN1C(=O)/C(=C/c2ccccc2)SC1=S)NCCc1c[nH]c2ccccc12. The van der Waals surface area contributed by atoms with Gasteiger partial charge in [0.15, 0.2) is 0 Å². The van der Waals surface area contributed by atoms with E-state index in [1.54, 1.807) is 6.08 Å². The third kappa shape index (κ3) is 4.41. The first kappa shape index (κ1) is 19.4. The van der Waals surface area contributed by atoms with Crippen molar-refractivity contribution >= 4 is 57.1 Å². The molecular weight excluding hydrogens is 402 g/mol. The second-order valence-electron chi connectivity index (χ2n) is 6.64. The van der Waals surface area contributed by atoms with Crippen LogP contribution in [0.4, 0.5) is 0 Å². The number of rotatable bonds is 6. The summed E-state index contributed by atoms with van der Waals surface area (Å²) in [6.45, 7) is 0.431. The Kier molecular flexibility index (Phi) is 5.78. The van der Waals surface area contributed by atoms with E-state index in [9.17, 15) is 9.59 Å². The van der Waals surface area contributed by atoms with Gasteiger partial charge in [-0.05, 0) is 29.7 Å². The third-order valence-corrected chi connectivity index (χ3v) is 6.04. The molecule has 1 aliphatic heterocycles. The summed E-state index contributed by atoms with van der Waals surface area (Å²) < 4.78 is 0.406. The van der Waals surface area contributed by atoms with Crippen LogP contribution < -0.4 is 5.32 Å². The Labute approximate surface area is 178 Å². The number of hydrogen-bond donors (Lipinski definition) is 2. The van der Waals surface area contributed by atoms with Crippen LogP contribution in [0.5, 0.6) is 0 Å². The number of aromatic nitrogens is 1. The monoisotopic (exact) mass is 421 g/mol. The van der Waals surface area contributed by atoms with Crippen LogP contribution in [0.1, 0.15) is 11.1 Å². The maximum Gasteiger partial charge on any atom is 0.266 e. The van der Waals surface area contributed by atoms with Crippen LogP contribution in [0.15, 0.2) is 65.7 Å². The molecule has 2 N–H and O–H groups in total. The lowest BCUT2D eigenvalue weighted by atomic mass is 10.1. The molecule has 1 fully saturated rings. The smallest absolute Gasteiger partial charge is 0.266 e. The van der Waals surface area contributed by atoms with Gasteiger partial charge in [-0.1, -0.05) is 72.5 Å². The van der Waals surface area contributed by atoms with Gasteiger partial charge in [-0.2, -0.15) is 0 Å². The van der Waals surface area contributed by atoms with Crippen LogP contribution in [-0.4, -0.2) is 39.1 Å². The highest BCUT2D eigenvalue weighted by Gasteiger charge is 2.33. The molecule has 5 nitrogen and oxygen atoms in total. The van der Waals surface area contributed by atoms with Crippen LogP contribution in [0, 0.1) is 0 Å². The van der Waals surface area contributed by atoms with Crippen molar-refractivity contribution in [3.8, 4) is 0 Å². The molecule has 0 unspecified atom stereocenters. The Morgan fingerprint density at radius 1 is 1.14 bits per heavy atom. The van der Waals surface area contributed by atoms with Crippen molar-refractivity contribution in [3.05, 3.63) is 76.8 Å². The summed E-state index contributed by atoms with van der Waals surface area (Å²) in [4.78, 5) is 30.1. The van der Waals surface area contributed by atoms with Gasteiger partial charge in [0.05, 0.1) is 4.91 Å². The summed E-state index contributed by atoms with van der Waals surface area (Å²) in [6, 6.07) is 17.6. The molecule has 4 rings (SSSR count). The fourth-order valence-electron chi connectivity index (χ4n) is 3.21. The minimum absolute atomic E-state index is 0.0648. The molecule has 2 heterocycles. The fourth-order valence-corrected chi connectivity index (χ4v) is 4.47. The first-order valence-electron chi connectivity index (χ1n) is 9.24. The normalized spacial score (nSPS) is 15.4. The topological polar surface area (TPSA) is 65.2 Å². The van der Waals surface area contributed by atoms with E-state index in [0.29, 0.717) is 22.2 Å². The number of amides is 2. The number of carbonyl (C=O) groups excluding carboxylic acids is 2. The van der Waals surface area contributed by atoms with Gasteiger partial charge in [0, 0.05) is 23.6 Å². The van der Waals surface area contributed by atoms with Crippen LogP contribution in [0.3, 0.4) is 0 Å². The maximum absolute atomic E-state index is 12.6. The molecule has 0 radical (unpaired) electrons. The lowest BCUT2D eigenvalue weighted by molar-refractivity contribution is -0.128. The van der Waals surface area contributed by atoms with E-state index >= 15 is 0 Å². The van der Waals surface area contributed by atoms with Gasteiger partial charge in [-0.15, -0.1) is 0 Å². The van der Waals surface area contributed by atoms with E-state index in [1.807, 2.05) is 54.7 Å². The highest BCUT2D eigenvalue weighted by atomic mass is 32.2. The van der Waals surface area contributed by atoms with Crippen molar-refractivity contribution in [2.24, 2.45) is 0 Å². The summed E-state index contributed by atoms with van der Waals surface area (Å²) in [5.41, 5.74) is 3.16. The first-order chi connectivity index (χ1) is 14.1. The zero-order chi connectivity index (χ0) is 20.2. The summed E-state index contributed by atoms with van der Waals surface area (Å²) in [7, 11) is 0. The number of thiocarbonyl (C=S) groups is 1. The van der Waals surface area contributed by atoms with Crippen molar-refractivity contribution in [1.29, 1.82) is 0 Å². The summed E-state index contributed by atoms with van der Waals surface area (Å²) >= 11 is 6.53. The molecule has 3 aromatic rings. The lowest BCUT2D eigenvalue weighted by Crippen LogP contribution is -2.40. The van der Waals surface area contributed by atoms with Crippen molar-refractivity contribution in [3.63, 3.8) is 0 Å². The van der Waals surface area contributed by atoms with Gasteiger partial charge in [0.25, 0.3) is 5.91 Å². The quantitative estimate of drug-likeness (QED) is 0.470. The molecule has 0 bridgehead atoms. The zero-order valence-corrected chi connectivity index (χ0v) is 17.2. The largest absolute Gasteiger partial charge is 0.361 e. The van der Waals surface area contributed by atoms with Crippen molar-refractivity contribution in [2.75, 3.05) is 13.1 Å². The van der Waals surface area contributed by atoms with Crippen LogP contribution in [0.25, 0.3) is 17.0 Å². The molecule has 0 aliphatic carbocycles. The van der Waals surface area contributed by atoms with Crippen LogP contribution >= 0.6 is 24.0 Å². The number of carbonyl (C=O) groups is 2. The molecule has 0 atom stereocenters. The van der Waals surface area contributed by atoms with E-state index in [1.165, 1.54) is 16.7 Å². The molecule has 2 amide bonds. The molecule has 1 saturated heterocycles. The van der Waals surface area contributed by atoms with Gasteiger partial charge in [0.2, 0.25) is 5.91 Å². The zero-order valence-electron chi connectivity index (χ0n) is 15.6. The van der Waals surface area contributed by atoms with E-state index in [2.05, 4.69) is 16.4 Å². The third-order valence-electron chi connectivity index (χ3n) is 4.66. The van der Waals surface area contributed by atoms with Crippen LogP contribution in [-0.2, 0) is 16.0 Å². The second-order valence-corrected chi connectivity index (χ2v) is 8.31. The van der Waals surface area contributed by atoms with Crippen LogP contribution in [0.2, 0.25) is 0 Å². The number of H-pyrrole nitrogens is 1. The standard InChI is InChI=1S/C22H19N3O2S2/c26-20(23-11-10-16-13-24-18-9-5-4-8-17(16)18)14-25-21(27)19(29-22(25)28)12-15-6-2-1-3-7-15/h1-9,12-13,24H,10-11,14H2,(H,23,26)/b19-12-. The minimum atomic E-state index is -0.226. The van der Waals surface area contributed by atoms with E-state index in [4.69, 9.17) is 12.2 Å². The number of para-hydroxylation sites is 1. The Morgan fingerprint density at radius 3 is 2.72 bits per heavy atom. The van der Waals surface area contributed by atoms with Crippen molar-refractivity contribution in [1.82, 2.24) is 15.2 Å². The average Bonchev–Trinajstić information content (AvgIpc) is 3.25. The van der Waals surface area contributed by atoms with Gasteiger partial charge in [-0.25, -0.2) is 0 Å². The molecule has 2 aromatic carbocycles. The Hall–Kier alpha value is -2.90. The van der Waals surface area contributed by atoms with Gasteiger partial charge in [0.1, 0.15) is 10.9 Å². The molecular formula is C22H19N3O2S2. The number of hydrogen-bond acceptors (Lipinski definition) is 4. The van der Waals surface area contributed by atoms with E-state index in [-0.39, 0.29) is 18.4 Å². The number of aromatic amines is 1. The summed E-state index contributed by atoms with van der Waals surface area (Å²) in [6.07, 6.45) is 4.48. The van der Waals surface area contributed by atoms with Crippen molar-refractivity contribution < 1.29 is 9.59 Å². The fraction of sp³-hybridized carbons (Fsp3) is 0.136. The first-order valence-corrected chi connectivity index (χ1v) is 10.5. The molecule has 0 saturated carbocycles. The predicted octanol–water partition coefficient (Wildman–Crippen LogP) is 3.73. The number of benzene rings is 2. The highest BCUT2D eigenvalue weighted by molar-refractivity contribution is 8.26. The second kappa shape index (κ2) is 8.63. The molecule has 146 valence electrons. The van der Waals surface area contributed by atoms with Gasteiger partial charge in [-0.3, -0.25) is 14.5 Å². The maximum atomic E-state index is 12.6. The Balaban J connectivity index is 1.33. The molecule has 1 aliphatic rings. The number of nitrogens with one attached hydrogen (secondary N) is 2. The summed E-state index contributed by atoms with van der Waals surface area (Å²) in [5.74, 6) is -0.447. The van der Waals surface area contributed by atoms with E-state index < -0.39 is 0 Å². The number of thioether (sulfide) groups is 1. The Bertz CT molecular complexity index is 1110. The average molecular weight is 422 g/mol. The van der Waals surface area contributed by atoms with Crippen molar-refractivity contribution in [2.45, 2.75) is 6.42 Å². The molecule has 7 heteroatoms. The van der Waals surface area contributed by atoms with Gasteiger partial charge < -0.3 is 10.3 Å². The number of nitrogens with zero attached hydrogens (tertiary/aromatic N) is 1. The Morgan fingerprint density at radius 2 is 1.90 bits per heavy atom. The molecule has 0 spiro atoms. The molecule has 1 aromatic heterocycles. The van der Waals surface area contributed by atoms with E-state index in [0.717, 1.165) is 22.0 Å². The molecule has 29 heavy (non-hydrogen) atoms. The lowest BCUT2D eigenvalue weighted by Gasteiger charge is -2.14. The predicted molar refractivity (Wildman–Crippen MR) is 121 cm³/mol. The number of fused-ring (bicyclic) bond motifs is 1. The van der Waals surface area contributed by atoms with Gasteiger partial charge >= 0.3 is 0 Å². The highest BCUT2D eigenvalue weighted by Crippen LogP contribution is 2.32. The summed E-state index contributed by atoms with van der Waals surface area (Å²) in [5, 5.41) is 4.04. The minimum Gasteiger partial charge on any atom is -0.361 e.